The molecule has 0 radical (unpaired) electrons. The Hall–Kier alpha value is -1.75. The van der Waals surface area contributed by atoms with Gasteiger partial charge in [0.1, 0.15) is 6.17 Å². The molecule has 0 aromatic heterocycles. The molecular weight excluding hydrogens is 230 g/mol. The first kappa shape index (κ1) is 11.3. The molecule has 0 saturated carbocycles. The number of nitrogens with one attached hydrogen (secondary N) is 1. The van der Waals surface area contributed by atoms with Crippen molar-refractivity contribution in [3.05, 3.63) is 29.8 Å². The van der Waals surface area contributed by atoms with Gasteiger partial charge in [0, 0.05) is 12.2 Å². The summed E-state index contributed by atoms with van der Waals surface area (Å²) in [6, 6.07) is 7.96. The van der Waals surface area contributed by atoms with Crippen LogP contribution in [0.1, 0.15) is 18.9 Å². The van der Waals surface area contributed by atoms with Gasteiger partial charge in [-0.25, -0.2) is 4.79 Å². The highest BCUT2D eigenvalue weighted by Crippen LogP contribution is 2.44. The van der Waals surface area contributed by atoms with Gasteiger partial charge in [0.2, 0.25) is 0 Å². The van der Waals surface area contributed by atoms with E-state index in [2.05, 4.69) is 5.32 Å². The predicted octanol–water partition coefficient (Wildman–Crippen LogP) is 1.45. The van der Waals surface area contributed by atoms with E-state index < -0.39 is 5.54 Å². The first-order chi connectivity index (χ1) is 8.66. The summed E-state index contributed by atoms with van der Waals surface area (Å²) >= 11 is 0. The van der Waals surface area contributed by atoms with Crippen molar-refractivity contribution in [3.63, 3.8) is 0 Å². The Balaban J connectivity index is 1.92. The maximum Gasteiger partial charge on any atom is 0.411 e. The van der Waals surface area contributed by atoms with E-state index in [0.717, 1.165) is 17.7 Å². The topological polar surface area (TPSA) is 67.6 Å². The molecule has 2 aliphatic heterocycles. The lowest BCUT2D eigenvalue weighted by atomic mass is 9.90. The minimum absolute atomic E-state index is 0.200. The molecule has 0 bridgehead atoms. The normalized spacial score (nSPS) is 28.6. The van der Waals surface area contributed by atoms with Gasteiger partial charge in [0.25, 0.3) is 0 Å². The predicted molar refractivity (Wildman–Crippen MR) is 68.1 cm³/mol. The number of nitrogens with zero attached hydrogens (tertiary/aromatic N) is 1. The van der Waals surface area contributed by atoms with Crippen molar-refractivity contribution in [1.29, 1.82) is 0 Å². The molecule has 1 saturated heterocycles. The van der Waals surface area contributed by atoms with E-state index in [1.807, 2.05) is 24.3 Å². The van der Waals surface area contributed by atoms with Crippen molar-refractivity contribution in [3.8, 4) is 0 Å². The third-order valence-electron chi connectivity index (χ3n) is 3.79. The van der Waals surface area contributed by atoms with E-state index >= 15 is 0 Å². The van der Waals surface area contributed by atoms with Crippen LogP contribution in [0.2, 0.25) is 0 Å². The highest BCUT2D eigenvalue weighted by molar-refractivity contribution is 5.72. The monoisotopic (exact) mass is 247 g/mol. The number of nitrogens with two attached hydrogens (primary N) is 1. The third kappa shape index (κ3) is 1.40. The van der Waals surface area contributed by atoms with Crippen molar-refractivity contribution in [1.82, 2.24) is 4.90 Å². The number of para-hydroxylation sites is 1. The largest absolute Gasteiger partial charge is 0.450 e. The Morgan fingerprint density at radius 1 is 1.61 bits per heavy atom. The Kier molecular flexibility index (Phi) is 2.45. The van der Waals surface area contributed by atoms with Crippen LogP contribution in [0, 0.1) is 0 Å². The van der Waals surface area contributed by atoms with Gasteiger partial charge in [-0.2, -0.15) is 0 Å². The van der Waals surface area contributed by atoms with Crippen molar-refractivity contribution in [2.75, 3.05) is 18.5 Å². The van der Waals surface area contributed by atoms with Gasteiger partial charge in [-0.15, -0.1) is 0 Å². The second kappa shape index (κ2) is 3.88. The smallest absolute Gasteiger partial charge is 0.411 e. The van der Waals surface area contributed by atoms with Gasteiger partial charge in [0.05, 0.1) is 12.1 Å². The van der Waals surface area contributed by atoms with Gasteiger partial charge in [0.15, 0.2) is 0 Å². The van der Waals surface area contributed by atoms with Crippen molar-refractivity contribution < 1.29 is 9.53 Å². The molecule has 2 aliphatic rings. The van der Waals surface area contributed by atoms with Crippen LogP contribution >= 0.6 is 0 Å². The Morgan fingerprint density at radius 3 is 3.17 bits per heavy atom. The molecule has 2 heterocycles. The summed E-state index contributed by atoms with van der Waals surface area (Å²) in [4.78, 5) is 13.6. The van der Waals surface area contributed by atoms with Crippen LogP contribution in [0.5, 0.6) is 0 Å². The zero-order valence-electron chi connectivity index (χ0n) is 10.3. The van der Waals surface area contributed by atoms with Gasteiger partial charge >= 0.3 is 6.09 Å². The lowest BCUT2D eigenvalue weighted by Crippen LogP contribution is -2.50. The highest BCUT2D eigenvalue weighted by atomic mass is 16.6. The second-order valence-corrected chi connectivity index (χ2v) is 4.78. The fraction of sp³-hybridized carbons (Fsp3) is 0.462. The summed E-state index contributed by atoms with van der Waals surface area (Å²) in [6.45, 7) is 2.81. The minimum Gasteiger partial charge on any atom is -0.450 e. The molecule has 5 heteroatoms. The van der Waals surface area contributed by atoms with E-state index in [4.69, 9.17) is 10.5 Å². The summed E-state index contributed by atoms with van der Waals surface area (Å²) in [5, 5.41) is 3.33. The standard InChI is InChI=1S/C13H17N3O2/c1-2-18-12(17)16-8-7-13(14)9-5-3-4-6-10(9)15-11(13)16/h3-6,11,15H,2,7-8,14H2,1H3. The number of likely N-dealkylation sites (tertiary alicyclic amines) is 1. The van der Waals surface area contributed by atoms with Gasteiger partial charge < -0.3 is 15.8 Å². The highest BCUT2D eigenvalue weighted by Gasteiger charge is 2.53. The second-order valence-electron chi connectivity index (χ2n) is 4.78. The van der Waals surface area contributed by atoms with Crippen molar-refractivity contribution >= 4 is 11.8 Å². The molecule has 3 rings (SSSR count). The first-order valence-electron chi connectivity index (χ1n) is 6.25. The third-order valence-corrected chi connectivity index (χ3v) is 3.79. The summed E-state index contributed by atoms with van der Waals surface area (Å²) in [7, 11) is 0. The lowest BCUT2D eigenvalue weighted by molar-refractivity contribution is 0.102. The van der Waals surface area contributed by atoms with Crippen LogP contribution in [0.3, 0.4) is 0 Å². The van der Waals surface area contributed by atoms with Gasteiger partial charge in [-0.1, -0.05) is 18.2 Å². The fourth-order valence-electron chi connectivity index (χ4n) is 2.90. The molecule has 1 amide bonds. The number of carbonyl (C=O) groups excluding carboxylic acids is 1. The van der Waals surface area contributed by atoms with E-state index in [1.165, 1.54) is 0 Å². The lowest BCUT2D eigenvalue weighted by Gasteiger charge is -2.28. The molecule has 18 heavy (non-hydrogen) atoms. The van der Waals surface area contributed by atoms with Crippen LogP contribution in [0.15, 0.2) is 24.3 Å². The van der Waals surface area contributed by atoms with E-state index in [0.29, 0.717) is 13.2 Å². The molecular formula is C13H17N3O2. The molecule has 0 spiro atoms. The average molecular weight is 247 g/mol. The van der Waals surface area contributed by atoms with Crippen LogP contribution in [0.4, 0.5) is 10.5 Å². The molecule has 1 aromatic rings. The molecule has 5 nitrogen and oxygen atoms in total. The first-order valence-corrected chi connectivity index (χ1v) is 6.25. The number of fused-ring (bicyclic) bond motifs is 3. The number of rotatable bonds is 1. The summed E-state index contributed by atoms with van der Waals surface area (Å²) in [5.74, 6) is 0. The number of ether oxygens (including phenoxy) is 1. The Labute approximate surface area is 106 Å². The molecule has 3 N–H and O–H groups in total. The zero-order chi connectivity index (χ0) is 12.8. The van der Waals surface area contributed by atoms with E-state index in [9.17, 15) is 4.79 Å². The van der Waals surface area contributed by atoms with Crippen LogP contribution in [-0.4, -0.2) is 30.3 Å². The zero-order valence-corrected chi connectivity index (χ0v) is 10.3. The van der Waals surface area contributed by atoms with Crippen LogP contribution in [-0.2, 0) is 10.3 Å². The van der Waals surface area contributed by atoms with Crippen LogP contribution < -0.4 is 11.1 Å². The molecule has 0 aliphatic carbocycles. The number of hydrogen-bond acceptors (Lipinski definition) is 4. The van der Waals surface area contributed by atoms with E-state index in [-0.39, 0.29) is 12.3 Å². The maximum absolute atomic E-state index is 11.9. The quantitative estimate of drug-likeness (QED) is 0.788. The molecule has 96 valence electrons. The number of carbonyl (C=O) groups is 1. The number of amides is 1. The van der Waals surface area contributed by atoms with Gasteiger partial charge in [-0.05, 0) is 25.0 Å². The Bertz CT molecular complexity index is 491. The number of hydrogen-bond donors (Lipinski definition) is 2. The summed E-state index contributed by atoms with van der Waals surface area (Å²) in [5.41, 5.74) is 8.09. The Morgan fingerprint density at radius 2 is 2.39 bits per heavy atom. The SMILES string of the molecule is CCOC(=O)N1CCC2(N)c3ccccc3NC12. The minimum atomic E-state index is -0.497. The average Bonchev–Trinajstić information content (AvgIpc) is 2.82. The van der Waals surface area contributed by atoms with E-state index in [1.54, 1.807) is 11.8 Å². The van der Waals surface area contributed by atoms with Crippen LogP contribution in [0.25, 0.3) is 0 Å². The summed E-state index contributed by atoms with van der Waals surface area (Å²) in [6.07, 6.45) is 0.254. The number of benzene rings is 1. The van der Waals surface area contributed by atoms with Gasteiger partial charge in [-0.3, -0.25) is 4.90 Å². The molecule has 1 fully saturated rings. The molecule has 2 unspecified atom stereocenters. The molecule has 1 aromatic carbocycles. The van der Waals surface area contributed by atoms with Crippen molar-refractivity contribution in [2.45, 2.75) is 25.0 Å². The van der Waals surface area contributed by atoms with Crippen molar-refractivity contribution in [2.24, 2.45) is 5.73 Å². The maximum atomic E-state index is 11.9. The number of anilines is 1. The summed E-state index contributed by atoms with van der Waals surface area (Å²) < 4.78 is 5.07. The fourth-order valence-corrected chi connectivity index (χ4v) is 2.90. The molecule has 2 atom stereocenters.